The smallest absolute Gasteiger partial charge is 0.412 e. The zero-order valence-electron chi connectivity index (χ0n) is 42.2. The van der Waals surface area contributed by atoms with Crippen LogP contribution in [0.3, 0.4) is 0 Å². The molecule has 0 aromatic heterocycles. The first-order chi connectivity index (χ1) is 31.3. The number of fused-ring (bicyclic) bond motifs is 4. The zero-order chi connectivity index (χ0) is 47.2. The molecule has 2 unspecified atom stereocenters. The summed E-state index contributed by atoms with van der Waals surface area (Å²) in [5, 5.41) is 0. The first kappa shape index (κ1) is 51.8. The summed E-state index contributed by atoms with van der Waals surface area (Å²) in [6.07, 6.45) is 15.7. The quantitative estimate of drug-likeness (QED) is 0.102. The van der Waals surface area contributed by atoms with Gasteiger partial charge in [0, 0.05) is 29.5 Å². The van der Waals surface area contributed by atoms with Crippen molar-refractivity contribution in [1.82, 2.24) is 0 Å². The van der Waals surface area contributed by atoms with Crippen molar-refractivity contribution in [1.29, 1.82) is 0 Å². The minimum Gasteiger partial charge on any atom is -0.412 e. The van der Waals surface area contributed by atoms with Crippen LogP contribution in [0.2, 0.25) is 0 Å². The van der Waals surface area contributed by atoms with E-state index in [-0.39, 0.29) is 27.6 Å². The van der Waals surface area contributed by atoms with Gasteiger partial charge in [0.05, 0.1) is 0 Å². The minimum atomic E-state index is -4.56. The van der Waals surface area contributed by atoms with E-state index in [0.717, 1.165) is 144 Å². The van der Waals surface area contributed by atoms with Crippen LogP contribution < -0.4 is 18.1 Å². The van der Waals surface area contributed by atoms with Gasteiger partial charge in [0.25, 0.3) is 0 Å². The lowest BCUT2D eigenvalue weighted by atomic mass is 9.69. The summed E-state index contributed by atoms with van der Waals surface area (Å²) in [4.78, 5) is 0. The van der Waals surface area contributed by atoms with Gasteiger partial charge in [-0.05, 0) is 116 Å². The van der Waals surface area contributed by atoms with Crippen molar-refractivity contribution in [2.45, 2.75) is 201 Å². The Bertz CT molecular complexity index is 2470. The molecule has 2 fully saturated rings. The van der Waals surface area contributed by atoms with E-state index in [9.17, 15) is 0 Å². The second-order valence-corrected chi connectivity index (χ2v) is 26.1. The number of benzene rings is 4. The average Bonchev–Trinajstić information content (AvgIpc) is 3.23. The predicted molar refractivity (Wildman–Crippen MR) is 272 cm³/mol. The van der Waals surface area contributed by atoms with E-state index in [1.165, 1.54) is 12.8 Å². The fourth-order valence-corrected chi connectivity index (χ4v) is 15.7. The largest absolute Gasteiger partial charge is 0.689 e. The maximum atomic E-state index is 15.9. The van der Waals surface area contributed by atoms with E-state index in [1.54, 1.807) is 0 Å². The van der Waals surface area contributed by atoms with Gasteiger partial charge in [-0.3, -0.25) is 0 Å². The second-order valence-electron chi connectivity index (χ2n) is 21.7. The molecular formula is C55H76AlO9P2. The van der Waals surface area contributed by atoms with Gasteiger partial charge >= 0.3 is 31.5 Å². The minimum absolute atomic E-state index is 0. The molecule has 0 amide bonds. The Morgan fingerprint density at radius 3 is 1.46 bits per heavy atom. The van der Waals surface area contributed by atoms with Gasteiger partial charge in [-0.2, -0.15) is 0 Å². The van der Waals surface area contributed by atoms with Gasteiger partial charge in [-0.15, -0.1) is 0 Å². The molecule has 2 aliphatic heterocycles. The van der Waals surface area contributed by atoms with Crippen molar-refractivity contribution in [3.63, 3.8) is 0 Å². The van der Waals surface area contributed by atoms with Crippen molar-refractivity contribution < 1.29 is 39.9 Å². The molecule has 12 heteroatoms. The lowest BCUT2D eigenvalue weighted by Crippen LogP contribution is -2.28. The fraction of sp³-hybridized carbons (Fsp3) is 0.564. The lowest BCUT2D eigenvalue weighted by Gasteiger charge is -2.39. The third-order valence-corrected chi connectivity index (χ3v) is 19.6. The van der Waals surface area contributed by atoms with Crippen LogP contribution in [0.4, 0.5) is 0 Å². The van der Waals surface area contributed by atoms with Crippen molar-refractivity contribution in [2.24, 2.45) is 0 Å². The number of aryl methyl sites for hydroxylation is 4. The Labute approximate surface area is 408 Å². The fourth-order valence-electron chi connectivity index (χ4n) is 11.8. The molecular weight excluding hydrogens is 894 g/mol. The first-order valence-corrected chi connectivity index (χ1v) is 28.9. The molecule has 4 aromatic rings. The summed E-state index contributed by atoms with van der Waals surface area (Å²) in [6.45, 7) is 24.0. The van der Waals surface area contributed by atoms with Crippen molar-refractivity contribution in [3.05, 3.63) is 115 Å². The Kier molecular flexibility index (Phi) is 15.7. The van der Waals surface area contributed by atoms with Crippen LogP contribution in [0.25, 0.3) is 0 Å². The maximum Gasteiger partial charge on any atom is 0.689 e. The number of hydrogen-bond acceptors (Lipinski definition) is 8. The van der Waals surface area contributed by atoms with Gasteiger partial charge in [-0.1, -0.05) is 171 Å². The molecule has 0 spiro atoms. The van der Waals surface area contributed by atoms with Crippen LogP contribution in [0.15, 0.2) is 48.5 Å². The Balaban J connectivity index is 0.00000666. The van der Waals surface area contributed by atoms with Crippen molar-refractivity contribution >= 4 is 31.5 Å². The molecule has 67 heavy (non-hydrogen) atoms. The maximum absolute atomic E-state index is 15.9. The van der Waals surface area contributed by atoms with Gasteiger partial charge < -0.3 is 30.7 Å². The summed E-state index contributed by atoms with van der Waals surface area (Å²) in [5.74, 6) is 2.26. The zero-order valence-corrected chi connectivity index (χ0v) is 45.2. The van der Waals surface area contributed by atoms with Gasteiger partial charge in [-0.25, -0.2) is 9.13 Å². The third-order valence-electron chi connectivity index (χ3n) is 15.3. The molecule has 2 aliphatic carbocycles. The monoisotopic (exact) mass is 969 g/mol. The highest BCUT2D eigenvalue weighted by molar-refractivity contribution is 7.52. The molecule has 8 rings (SSSR count). The topological polar surface area (TPSA) is 121 Å². The van der Waals surface area contributed by atoms with E-state index in [0.29, 0.717) is 35.8 Å². The Morgan fingerprint density at radius 2 is 1.00 bits per heavy atom. The van der Waals surface area contributed by atoms with Crippen LogP contribution in [0.5, 0.6) is 23.0 Å². The number of hydrogen-bond donors (Lipinski definition) is 0. The predicted octanol–water partition coefficient (Wildman–Crippen LogP) is 15.7. The SMILES string of the molecule is CCCC(C)c1cc(C)cc2c1OP(=O)([O][Al][O]P1(=O)Oc3c(cc(C)cc3C3(C)CCCCC3)Cc3cc(C)cc(C4(C)CCCCC4)c3O1)Oc1c(cc(C)cc1C(C)(C)CCC)C2.O. The summed E-state index contributed by atoms with van der Waals surface area (Å²) in [7, 11) is -9.10. The van der Waals surface area contributed by atoms with Crippen molar-refractivity contribution in [2.75, 3.05) is 0 Å². The molecule has 2 atom stereocenters. The highest BCUT2D eigenvalue weighted by Crippen LogP contribution is 2.61. The molecule has 2 heterocycles. The van der Waals surface area contributed by atoms with E-state index in [4.69, 9.17) is 25.2 Å². The summed E-state index contributed by atoms with van der Waals surface area (Å²) < 4.78 is 71.7. The van der Waals surface area contributed by atoms with Crippen LogP contribution in [-0.2, 0) is 45.4 Å². The summed E-state index contributed by atoms with van der Waals surface area (Å²) in [5.41, 5.74) is 11.5. The Morgan fingerprint density at radius 1 is 0.597 bits per heavy atom. The Hall–Kier alpha value is -3.05. The molecule has 2 saturated carbocycles. The highest BCUT2D eigenvalue weighted by atomic mass is 31.2. The molecule has 2 N–H and O–H groups in total. The molecule has 363 valence electrons. The van der Waals surface area contributed by atoms with Crippen molar-refractivity contribution in [3.8, 4) is 23.0 Å². The van der Waals surface area contributed by atoms with Crippen LogP contribution in [0, 0.1) is 27.7 Å². The molecule has 0 bridgehead atoms. The number of rotatable bonds is 12. The molecule has 0 saturated heterocycles. The third kappa shape index (κ3) is 11.0. The van der Waals surface area contributed by atoms with E-state index < -0.39 is 31.5 Å². The van der Waals surface area contributed by atoms with E-state index in [1.807, 2.05) is 0 Å². The summed E-state index contributed by atoms with van der Waals surface area (Å²) in [6, 6.07) is 17.3. The normalized spacial score (nSPS) is 20.9. The standard InChI is InChI=1S/C29H39O4P.C26H37O4P.Al.H2O/c1-20-15-22-19-23-16-21(2)18-25(29(4)13-9-6-10-14-29)27(23)33-34(30,31)32-26(22)24(17-20)28(3)11-7-5-8-12-28;1-8-10-19(5)22-14-17(3)12-20-16-21-13-18(4)15-23(26(6,7)11-9-2)25(21)30-31(27,28)29-24(20)22;;/h15-18H,5-14,19H2,1-4H3,(H,30,31);12-15,19H,8-11,16H2,1-7H3,(H,27,28);;1H2/q;;+2;/p-2. The number of phosphoric ester groups is 2. The van der Waals surface area contributed by atoms with E-state index >= 15 is 9.13 Å². The van der Waals surface area contributed by atoms with Crippen LogP contribution in [-0.4, -0.2) is 21.4 Å². The molecule has 4 aliphatic rings. The van der Waals surface area contributed by atoms with Gasteiger partial charge in [0.15, 0.2) is 0 Å². The van der Waals surface area contributed by atoms with Crippen LogP contribution in [0.1, 0.15) is 211 Å². The first-order valence-electron chi connectivity index (χ1n) is 25.0. The number of phosphoric acid groups is 2. The molecule has 4 aromatic carbocycles. The highest BCUT2D eigenvalue weighted by Gasteiger charge is 2.45. The second kappa shape index (κ2) is 20.4. The molecule has 9 nitrogen and oxygen atoms in total. The molecule has 1 radical (unpaired) electrons. The van der Waals surface area contributed by atoms with E-state index in [2.05, 4.69) is 125 Å². The van der Waals surface area contributed by atoms with Gasteiger partial charge in [0.1, 0.15) is 23.0 Å². The average molecular weight is 970 g/mol. The van der Waals surface area contributed by atoms with Crippen LogP contribution >= 0.6 is 15.6 Å². The van der Waals surface area contributed by atoms with Gasteiger partial charge in [0.2, 0.25) is 0 Å². The lowest BCUT2D eigenvalue weighted by molar-refractivity contribution is 0.251. The summed E-state index contributed by atoms with van der Waals surface area (Å²) >= 11 is -1.80.